The highest BCUT2D eigenvalue weighted by Gasteiger charge is 2.30. The van der Waals surface area contributed by atoms with Crippen LogP contribution in [0.4, 0.5) is 0 Å². The second-order valence-electron chi connectivity index (χ2n) is 7.03. The van der Waals surface area contributed by atoms with Gasteiger partial charge in [0.2, 0.25) is 0 Å². The molecule has 0 saturated carbocycles. The number of benzene rings is 1. The monoisotopic (exact) mass is 320 g/mol. The molecule has 1 heterocycles. The normalized spacial score (nSPS) is 23.0. The van der Waals surface area contributed by atoms with Crippen molar-refractivity contribution >= 4 is 0 Å². The van der Waals surface area contributed by atoms with Crippen molar-refractivity contribution in [2.24, 2.45) is 0 Å². The molecular weight excluding hydrogens is 288 g/mol. The largest absolute Gasteiger partial charge is 0.494 e. The van der Waals surface area contributed by atoms with Crippen LogP contribution < -0.4 is 4.74 Å². The molecule has 1 fully saturated rings. The average molecular weight is 320 g/mol. The zero-order valence-corrected chi connectivity index (χ0v) is 14.7. The number of nitrogens with zero attached hydrogens (tertiary/aromatic N) is 2. The van der Waals surface area contributed by atoms with Crippen molar-refractivity contribution in [2.75, 3.05) is 46.9 Å². The van der Waals surface area contributed by atoms with Gasteiger partial charge in [-0.1, -0.05) is 18.2 Å². The van der Waals surface area contributed by atoms with Crippen LogP contribution in [0, 0.1) is 0 Å². The Balaban J connectivity index is 1.61. The maximum absolute atomic E-state index is 10.7. The van der Waals surface area contributed by atoms with E-state index in [-0.39, 0.29) is 0 Å². The third-order valence-corrected chi connectivity index (χ3v) is 4.50. The number of likely N-dealkylation sites (N-methyl/N-ethyl adjacent to an activating group) is 1. The average Bonchev–Trinajstić information content (AvgIpc) is 2.69. The van der Waals surface area contributed by atoms with Crippen molar-refractivity contribution in [2.45, 2.75) is 37.7 Å². The SMILES string of the molecule is CN(C)C[C@@]1(O)CCCN(CCCCOc2ccccc2)CC1. The van der Waals surface area contributed by atoms with Crippen molar-refractivity contribution in [3.8, 4) is 5.75 Å². The molecule has 4 heteroatoms. The standard InChI is InChI=1S/C19H32N2O2/c1-20(2)17-19(22)11-8-14-21(15-12-19)13-6-7-16-23-18-9-4-3-5-10-18/h3-5,9-10,22H,6-8,11-17H2,1-2H3/t19-/m1/s1. The van der Waals surface area contributed by atoms with Crippen molar-refractivity contribution in [3.05, 3.63) is 30.3 Å². The Hall–Kier alpha value is -1.10. The fourth-order valence-electron chi connectivity index (χ4n) is 3.35. The molecule has 0 unspecified atom stereocenters. The highest BCUT2D eigenvalue weighted by molar-refractivity contribution is 5.20. The lowest BCUT2D eigenvalue weighted by Crippen LogP contribution is -2.41. The summed E-state index contributed by atoms with van der Waals surface area (Å²) in [5, 5.41) is 10.7. The molecule has 0 spiro atoms. The molecule has 1 aromatic rings. The van der Waals surface area contributed by atoms with Gasteiger partial charge < -0.3 is 19.6 Å². The van der Waals surface area contributed by atoms with Crippen LogP contribution in [0.2, 0.25) is 0 Å². The molecule has 1 N–H and O–H groups in total. The Bertz CT molecular complexity index is 438. The van der Waals surface area contributed by atoms with Gasteiger partial charge in [0.15, 0.2) is 0 Å². The first-order valence-corrected chi connectivity index (χ1v) is 8.85. The molecule has 130 valence electrons. The molecule has 0 aromatic heterocycles. The van der Waals surface area contributed by atoms with E-state index in [1.807, 2.05) is 44.4 Å². The van der Waals surface area contributed by atoms with Crippen molar-refractivity contribution in [3.63, 3.8) is 0 Å². The molecule has 0 amide bonds. The number of hydrogen-bond acceptors (Lipinski definition) is 4. The molecule has 1 aromatic carbocycles. The summed E-state index contributed by atoms with van der Waals surface area (Å²) in [4.78, 5) is 4.59. The highest BCUT2D eigenvalue weighted by atomic mass is 16.5. The maximum Gasteiger partial charge on any atom is 0.119 e. The maximum atomic E-state index is 10.7. The molecule has 0 radical (unpaired) electrons. The molecule has 0 bridgehead atoms. The summed E-state index contributed by atoms with van der Waals surface area (Å²) >= 11 is 0. The van der Waals surface area contributed by atoms with E-state index in [1.54, 1.807) is 0 Å². The van der Waals surface area contributed by atoms with Gasteiger partial charge in [0.25, 0.3) is 0 Å². The first kappa shape index (κ1) is 18.2. The summed E-state index contributed by atoms with van der Waals surface area (Å²) in [6, 6.07) is 10.0. The van der Waals surface area contributed by atoms with Gasteiger partial charge in [0.05, 0.1) is 12.2 Å². The third-order valence-electron chi connectivity index (χ3n) is 4.50. The van der Waals surface area contributed by atoms with Gasteiger partial charge in [-0.2, -0.15) is 0 Å². The van der Waals surface area contributed by atoms with Gasteiger partial charge in [0, 0.05) is 13.1 Å². The van der Waals surface area contributed by atoms with Gasteiger partial charge in [-0.05, 0) is 71.4 Å². The molecule has 1 saturated heterocycles. The van der Waals surface area contributed by atoms with Gasteiger partial charge in [-0.15, -0.1) is 0 Å². The molecule has 1 atom stereocenters. The zero-order valence-electron chi connectivity index (χ0n) is 14.7. The summed E-state index contributed by atoms with van der Waals surface area (Å²) in [6.45, 7) is 4.77. The quantitative estimate of drug-likeness (QED) is 0.747. The highest BCUT2D eigenvalue weighted by Crippen LogP contribution is 2.23. The number of likely N-dealkylation sites (tertiary alicyclic amines) is 1. The van der Waals surface area contributed by atoms with E-state index >= 15 is 0 Å². The fraction of sp³-hybridized carbons (Fsp3) is 0.684. The van der Waals surface area contributed by atoms with Crippen LogP contribution in [-0.2, 0) is 0 Å². The van der Waals surface area contributed by atoms with Crippen LogP contribution in [0.3, 0.4) is 0 Å². The van der Waals surface area contributed by atoms with E-state index in [2.05, 4.69) is 9.80 Å². The number of rotatable bonds is 8. The number of para-hydroxylation sites is 1. The predicted molar refractivity (Wildman–Crippen MR) is 95.0 cm³/mol. The second-order valence-corrected chi connectivity index (χ2v) is 7.03. The van der Waals surface area contributed by atoms with Crippen LogP contribution >= 0.6 is 0 Å². The Morgan fingerprint density at radius 1 is 1.13 bits per heavy atom. The van der Waals surface area contributed by atoms with Crippen LogP contribution in [0.1, 0.15) is 32.1 Å². The lowest BCUT2D eigenvalue weighted by atomic mass is 9.94. The van der Waals surface area contributed by atoms with E-state index in [0.29, 0.717) is 0 Å². The van der Waals surface area contributed by atoms with E-state index in [0.717, 1.165) is 70.6 Å². The molecule has 4 nitrogen and oxygen atoms in total. The third kappa shape index (κ3) is 6.90. The molecule has 2 rings (SSSR count). The molecule has 0 aliphatic carbocycles. The lowest BCUT2D eigenvalue weighted by molar-refractivity contribution is 0.00271. The first-order chi connectivity index (χ1) is 11.1. The van der Waals surface area contributed by atoms with E-state index in [1.165, 1.54) is 0 Å². The van der Waals surface area contributed by atoms with Crippen molar-refractivity contribution in [1.82, 2.24) is 9.80 Å². The predicted octanol–water partition coefficient (Wildman–Crippen LogP) is 2.62. The number of unbranched alkanes of at least 4 members (excludes halogenated alkanes) is 1. The van der Waals surface area contributed by atoms with Gasteiger partial charge in [-0.3, -0.25) is 0 Å². The smallest absolute Gasteiger partial charge is 0.119 e. The minimum Gasteiger partial charge on any atom is -0.494 e. The molecule has 1 aliphatic rings. The van der Waals surface area contributed by atoms with Crippen LogP contribution in [-0.4, -0.2) is 67.4 Å². The van der Waals surface area contributed by atoms with E-state index < -0.39 is 5.60 Å². The van der Waals surface area contributed by atoms with Gasteiger partial charge in [-0.25, -0.2) is 0 Å². The van der Waals surface area contributed by atoms with E-state index in [9.17, 15) is 5.11 Å². The molecule has 23 heavy (non-hydrogen) atoms. The second kappa shape index (κ2) is 9.26. The Labute approximate surface area is 141 Å². The minimum atomic E-state index is -0.505. The first-order valence-electron chi connectivity index (χ1n) is 8.85. The zero-order chi connectivity index (χ0) is 16.5. The molecule has 1 aliphatic heterocycles. The van der Waals surface area contributed by atoms with Crippen molar-refractivity contribution < 1.29 is 9.84 Å². The lowest BCUT2D eigenvalue weighted by Gasteiger charge is -2.30. The van der Waals surface area contributed by atoms with Crippen LogP contribution in [0.25, 0.3) is 0 Å². The van der Waals surface area contributed by atoms with Crippen LogP contribution in [0.5, 0.6) is 5.75 Å². The summed E-state index contributed by atoms with van der Waals surface area (Å²) in [7, 11) is 4.07. The number of ether oxygens (including phenoxy) is 1. The Morgan fingerprint density at radius 3 is 2.65 bits per heavy atom. The molecular formula is C19H32N2O2. The van der Waals surface area contributed by atoms with Crippen molar-refractivity contribution in [1.29, 1.82) is 0 Å². The summed E-state index contributed by atoms with van der Waals surface area (Å²) in [5.41, 5.74) is -0.505. The summed E-state index contributed by atoms with van der Waals surface area (Å²) in [6.07, 6.45) is 5.11. The number of aliphatic hydroxyl groups is 1. The Morgan fingerprint density at radius 2 is 1.91 bits per heavy atom. The summed E-state index contributed by atoms with van der Waals surface area (Å²) in [5.74, 6) is 0.955. The minimum absolute atomic E-state index is 0.505. The number of hydrogen-bond donors (Lipinski definition) is 1. The Kier molecular flexibility index (Phi) is 7.34. The van der Waals surface area contributed by atoms with E-state index in [4.69, 9.17) is 4.74 Å². The van der Waals surface area contributed by atoms with Gasteiger partial charge in [0.1, 0.15) is 5.75 Å². The van der Waals surface area contributed by atoms with Crippen LogP contribution in [0.15, 0.2) is 30.3 Å². The fourth-order valence-corrected chi connectivity index (χ4v) is 3.35. The van der Waals surface area contributed by atoms with Gasteiger partial charge >= 0.3 is 0 Å². The topological polar surface area (TPSA) is 35.9 Å². The summed E-state index contributed by atoms with van der Waals surface area (Å²) < 4.78 is 5.73.